The molecule has 44 heavy (non-hydrogen) atoms. The average molecular weight is 637 g/mol. The Morgan fingerprint density at radius 2 is 1.20 bits per heavy atom. The van der Waals surface area contributed by atoms with Crippen molar-refractivity contribution in [3.8, 4) is 28.3 Å². The van der Waals surface area contributed by atoms with Crippen LogP contribution < -0.4 is 9.47 Å². The quantitative estimate of drug-likeness (QED) is 0.163. The fourth-order valence-electron chi connectivity index (χ4n) is 6.87. The van der Waals surface area contributed by atoms with Gasteiger partial charge in [0.2, 0.25) is 0 Å². The number of aromatic nitrogens is 1. The highest BCUT2D eigenvalue weighted by molar-refractivity contribution is 9.08. The van der Waals surface area contributed by atoms with E-state index in [9.17, 15) is 0 Å². The first kappa shape index (κ1) is 26.8. The molecule has 0 radical (unpaired) electrons. The fraction of sp³-hybridized carbons (Fsp3) is 0.100. The maximum atomic E-state index is 6.47. The molecule has 0 bridgehead atoms. The van der Waals surface area contributed by atoms with Gasteiger partial charge in [0, 0.05) is 33.8 Å². The van der Waals surface area contributed by atoms with E-state index < -0.39 is 0 Å². The van der Waals surface area contributed by atoms with Crippen molar-refractivity contribution in [1.82, 2.24) is 4.57 Å². The first-order chi connectivity index (χ1) is 21.7. The van der Waals surface area contributed by atoms with Gasteiger partial charge in [0.05, 0.1) is 18.1 Å². The summed E-state index contributed by atoms with van der Waals surface area (Å²) in [7, 11) is 1.69. The van der Waals surface area contributed by atoms with E-state index >= 15 is 0 Å². The summed E-state index contributed by atoms with van der Waals surface area (Å²) in [6.07, 6.45) is 0. The van der Waals surface area contributed by atoms with Crippen LogP contribution in [0.5, 0.6) is 11.5 Å². The van der Waals surface area contributed by atoms with Gasteiger partial charge in [-0.1, -0.05) is 107 Å². The highest BCUT2D eigenvalue weighted by atomic mass is 79.9. The first-order valence-corrected chi connectivity index (χ1v) is 16.0. The highest BCUT2D eigenvalue weighted by Crippen LogP contribution is 2.48. The van der Waals surface area contributed by atoms with Gasteiger partial charge in [-0.3, -0.25) is 0 Å². The Bertz CT molecular complexity index is 2060. The van der Waals surface area contributed by atoms with E-state index in [1.165, 1.54) is 49.6 Å². The zero-order valence-electron chi connectivity index (χ0n) is 24.3. The Kier molecular flexibility index (Phi) is 6.72. The smallest absolute Gasteiger partial charge is 0.123 e. The van der Waals surface area contributed by atoms with Gasteiger partial charge in [-0.25, -0.2) is 0 Å². The molecule has 3 nitrogen and oxygen atoms in total. The van der Waals surface area contributed by atoms with E-state index in [0.29, 0.717) is 6.61 Å². The average Bonchev–Trinajstić information content (AvgIpc) is 3.60. The van der Waals surface area contributed by atoms with E-state index in [2.05, 4.69) is 142 Å². The van der Waals surface area contributed by atoms with Crippen molar-refractivity contribution in [2.24, 2.45) is 0 Å². The van der Waals surface area contributed by atoms with Gasteiger partial charge in [-0.15, -0.1) is 0 Å². The van der Waals surface area contributed by atoms with Crippen molar-refractivity contribution in [1.29, 1.82) is 0 Å². The van der Waals surface area contributed by atoms with E-state index in [-0.39, 0.29) is 5.92 Å². The number of ether oxygens (including phenoxy) is 2. The predicted octanol–water partition coefficient (Wildman–Crippen LogP) is 10.4. The first-order valence-electron chi connectivity index (χ1n) is 14.9. The molecule has 1 aliphatic carbocycles. The third-order valence-corrected chi connectivity index (χ3v) is 9.39. The van der Waals surface area contributed by atoms with Crippen LogP contribution in [0.4, 0.5) is 0 Å². The summed E-state index contributed by atoms with van der Waals surface area (Å²) in [5, 5.41) is 3.23. The van der Waals surface area contributed by atoms with Gasteiger partial charge in [-0.05, 0) is 75.3 Å². The highest BCUT2D eigenvalue weighted by Gasteiger charge is 2.30. The maximum Gasteiger partial charge on any atom is 0.123 e. The predicted molar refractivity (Wildman–Crippen MR) is 184 cm³/mol. The molecule has 0 unspecified atom stereocenters. The van der Waals surface area contributed by atoms with Crippen molar-refractivity contribution in [2.75, 3.05) is 7.11 Å². The number of alkyl halides is 1. The molecule has 0 amide bonds. The Hall–Kier alpha value is -4.80. The fourth-order valence-corrected chi connectivity index (χ4v) is 7.19. The van der Waals surface area contributed by atoms with Gasteiger partial charge < -0.3 is 14.0 Å². The van der Waals surface area contributed by atoms with Gasteiger partial charge in [0.15, 0.2) is 0 Å². The van der Waals surface area contributed by atoms with Crippen molar-refractivity contribution < 1.29 is 9.47 Å². The maximum absolute atomic E-state index is 6.47. The lowest BCUT2D eigenvalue weighted by molar-refractivity contribution is 0.303. The third-order valence-electron chi connectivity index (χ3n) is 8.74. The van der Waals surface area contributed by atoms with Crippen molar-refractivity contribution in [2.45, 2.75) is 17.9 Å². The number of para-hydroxylation sites is 2. The second kappa shape index (κ2) is 11.0. The molecule has 1 aromatic heterocycles. The molecular weight excluding hydrogens is 606 g/mol. The van der Waals surface area contributed by atoms with Crippen molar-refractivity contribution in [3.05, 3.63) is 161 Å². The monoisotopic (exact) mass is 635 g/mol. The number of rotatable bonds is 7. The Balaban J connectivity index is 1.32. The van der Waals surface area contributed by atoms with Gasteiger partial charge in [0.1, 0.15) is 18.1 Å². The zero-order chi connectivity index (χ0) is 29.6. The molecule has 0 atom stereocenters. The number of halogens is 1. The summed E-state index contributed by atoms with van der Waals surface area (Å²) in [6, 6.07) is 48.0. The van der Waals surface area contributed by atoms with Gasteiger partial charge in [0.25, 0.3) is 0 Å². The lowest BCUT2D eigenvalue weighted by atomic mass is 9.88. The number of fused-ring (bicyclic) bond motifs is 6. The Morgan fingerprint density at radius 1 is 0.614 bits per heavy atom. The topological polar surface area (TPSA) is 23.4 Å². The molecule has 6 aromatic carbocycles. The molecule has 0 N–H and O–H groups in total. The molecular formula is C40H30BrNO2. The van der Waals surface area contributed by atoms with Gasteiger partial charge >= 0.3 is 0 Å². The summed E-state index contributed by atoms with van der Waals surface area (Å²) in [6.45, 7) is 0.433. The van der Waals surface area contributed by atoms with E-state index in [0.717, 1.165) is 33.6 Å². The second-order valence-electron chi connectivity index (χ2n) is 11.3. The van der Waals surface area contributed by atoms with Crippen LogP contribution in [0.3, 0.4) is 0 Å². The molecule has 1 heterocycles. The molecule has 4 heteroatoms. The summed E-state index contributed by atoms with van der Waals surface area (Å²) >= 11 is 3.58. The Morgan fingerprint density at radius 3 is 1.84 bits per heavy atom. The number of methoxy groups -OCH3 is 1. The van der Waals surface area contributed by atoms with Crippen LogP contribution in [0.2, 0.25) is 0 Å². The van der Waals surface area contributed by atoms with Crippen LogP contribution in [-0.4, -0.2) is 11.7 Å². The molecule has 0 saturated heterocycles. The van der Waals surface area contributed by atoms with Crippen LogP contribution in [-0.2, 0) is 11.9 Å². The standard InChI is InChI=1S/C40H30BrNO2/c1-43-30-20-26(24-41)21-31(23-30)44-25-27-18-28(40-36-14-4-2-10-32(36)33-11-3-5-15-37(33)40)22-29(19-27)42-38-16-8-6-12-34(38)35-13-7-9-17-39(35)42/h2-23,40H,24-25H2,1H3. The van der Waals surface area contributed by atoms with Crippen molar-refractivity contribution in [3.63, 3.8) is 0 Å². The summed E-state index contributed by atoms with van der Waals surface area (Å²) in [5.41, 5.74) is 12.3. The van der Waals surface area contributed by atoms with Crippen molar-refractivity contribution >= 4 is 37.7 Å². The summed E-state index contributed by atoms with van der Waals surface area (Å²) in [4.78, 5) is 0. The molecule has 8 rings (SSSR count). The number of hydrogen-bond acceptors (Lipinski definition) is 2. The Labute approximate surface area is 265 Å². The molecule has 0 aliphatic heterocycles. The van der Waals surface area contributed by atoms with E-state index in [4.69, 9.17) is 9.47 Å². The molecule has 214 valence electrons. The van der Waals surface area contributed by atoms with Crippen LogP contribution in [0.1, 0.15) is 33.7 Å². The zero-order valence-corrected chi connectivity index (χ0v) is 25.9. The summed E-state index contributed by atoms with van der Waals surface area (Å²) in [5.74, 6) is 1.71. The van der Waals surface area contributed by atoms with Crippen LogP contribution >= 0.6 is 15.9 Å². The molecule has 1 aliphatic rings. The normalized spacial score (nSPS) is 12.4. The SMILES string of the molecule is COc1cc(CBr)cc(OCc2cc(C3c4ccccc4-c4ccccc43)cc(-n3c4ccccc4c4ccccc43)c2)c1. The molecule has 7 aromatic rings. The largest absolute Gasteiger partial charge is 0.497 e. The van der Waals surface area contributed by atoms with E-state index in [1.54, 1.807) is 7.11 Å². The third kappa shape index (κ3) is 4.49. The second-order valence-corrected chi connectivity index (χ2v) is 11.9. The summed E-state index contributed by atoms with van der Waals surface area (Å²) < 4.78 is 14.4. The number of nitrogens with zero attached hydrogens (tertiary/aromatic N) is 1. The molecule has 0 fully saturated rings. The number of hydrogen-bond donors (Lipinski definition) is 0. The minimum absolute atomic E-state index is 0.131. The van der Waals surface area contributed by atoms with Gasteiger partial charge in [-0.2, -0.15) is 0 Å². The number of benzene rings is 6. The van der Waals surface area contributed by atoms with E-state index in [1.807, 2.05) is 12.1 Å². The molecule has 0 saturated carbocycles. The lowest BCUT2D eigenvalue weighted by Crippen LogP contribution is -2.05. The minimum Gasteiger partial charge on any atom is -0.497 e. The van der Waals surface area contributed by atoms with Crippen LogP contribution in [0.25, 0.3) is 38.6 Å². The molecule has 0 spiro atoms. The lowest BCUT2D eigenvalue weighted by Gasteiger charge is -2.19. The van der Waals surface area contributed by atoms with Crippen LogP contribution in [0.15, 0.2) is 133 Å². The minimum atomic E-state index is 0.131. The van der Waals surface area contributed by atoms with Crippen LogP contribution in [0, 0.1) is 0 Å².